The van der Waals surface area contributed by atoms with Crippen LogP contribution in [-0.2, 0) is 14.6 Å². The first-order valence-electron chi connectivity index (χ1n) is 12.4. The van der Waals surface area contributed by atoms with Crippen LogP contribution < -0.4 is 9.47 Å². The molecule has 0 spiro atoms. The van der Waals surface area contributed by atoms with Gasteiger partial charge in [0.05, 0.1) is 17.0 Å². The zero-order valence-electron chi connectivity index (χ0n) is 21.0. The second-order valence-corrected chi connectivity index (χ2v) is 12.9. The number of ether oxygens (including phenoxy) is 3. The fourth-order valence-corrected chi connectivity index (χ4v) is 6.45. The summed E-state index contributed by atoms with van der Waals surface area (Å²) in [6.07, 6.45) is 7.07. The van der Waals surface area contributed by atoms with Crippen molar-refractivity contribution in [1.29, 1.82) is 0 Å². The van der Waals surface area contributed by atoms with E-state index in [0.717, 1.165) is 12.8 Å². The van der Waals surface area contributed by atoms with Crippen LogP contribution in [0.3, 0.4) is 0 Å². The zero-order chi connectivity index (χ0) is 25.7. The van der Waals surface area contributed by atoms with Crippen molar-refractivity contribution >= 4 is 15.9 Å². The summed E-state index contributed by atoms with van der Waals surface area (Å²) in [5, 5.41) is -0.250. The first-order valence-corrected chi connectivity index (χ1v) is 13.9. The maximum absolute atomic E-state index is 12.7. The van der Waals surface area contributed by atoms with Gasteiger partial charge < -0.3 is 19.1 Å². The van der Waals surface area contributed by atoms with E-state index in [-0.39, 0.29) is 34.6 Å². The van der Waals surface area contributed by atoms with Crippen molar-refractivity contribution in [3.05, 3.63) is 30.2 Å². The van der Waals surface area contributed by atoms with Crippen molar-refractivity contribution in [2.75, 3.05) is 0 Å². The molecule has 1 saturated carbocycles. The minimum Gasteiger partial charge on any atom is -0.474 e. The van der Waals surface area contributed by atoms with Crippen molar-refractivity contribution in [3.63, 3.8) is 0 Å². The second-order valence-electron chi connectivity index (χ2n) is 10.8. The van der Waals surface area contributed by atoms with E-state index in [4.69, 9.17) is 14.2 Å². The Labute approximate surface area is 211 Å². The van der Waals surface area contributed by atoms with Crippen LogP contribution in [0.5, 0.6) is 17.5 Å². The number of piperidine rings is 1. The molecule has 1 unspecified atom stereocenters. The van der Waals surface area contributed by atoms with E-state index in [2.05, 4.69) is 15.0 Å². The summed E-state index contributed by atoms with van der Waals surface area (Å²) in [6, 6.07) is 3.20. The fraction of sp³-hybridized carbons (Fsp3) is 0.600. The van der Waals surface area contributed by atoms with Gasteiger partial charge in [0, 0.05) is 24.9 Å². The number of fused-ring (bicyclic) bond motifs is 2. The Hall–Kier alpha value is -2.95. The van der Waals surface area contributed by atoms with Crippen LogP contribution >= 0.6 is 0 Å². The molecule has 1 amide bonds. The number of pyridine rings is 1. The molecule has 2 aromatic rings. The summed E-state index contributed by atoms with van der Waals surface area (Å²) in [6.45, 7) is 7.44. The predicted octanol–water partition coefficient (Wildman–Crippen LogP) is 4.22. The van der Waals surface area contributed by atoms with Gasteiger partial charge in [0.25, 0.3) is 0 Å². The summed E-state index contributed by atoms with van der Waals surface area (Å²) >= 11 is 0. The van der Waals surface area contributed by atoms with Crippen LogP contribution in [0.2, 0.25) is 0 Å². The third-order valence-electron chi connectivity index (χ3n) is 6.74. The van der Waals surface area contributed by atoms with Gasteiger partial charge in [0.2, 0.25) is 11.8 Å². The maximum atomic E-state index is 12.7. The number of nitrogens with zero attached hydrogens (tertiary/aromatic N) is 4. The molecule has 2 bridgehead atoms. The highest BCUT2D eigenvalue weighted by Crippen LogP contribution is 2.39. The van der Waals surface area contributed by atoms with Gasteiger partial charge in [-0.1, -0.05) is 0 Å². The zero-order valence-corrected chi connectivity index (χ0v) is 21.8. The summed E-state index contributed by atoms with van der Waals surface area (Å²) in [5.74, 6) is 1.12. The highest BCUT2D eigenvalue weighted by molar-refractivity contribution is 7.92. The molecule has 5 rings (SSSR count). The number of hydrogen-bond acceptors (Lipinski definition) is 9. The van der Waals surface area contributed by atoms with Crippen LogP contribution in [0.1, 0.15) is 64.9 Å². The molecule has 36 heavy (non-hydrogen) atoms. The number of carbonyl (C=O) groups is 1. The Morgan fingerprint density at radius 3 is 2.25 bits per heavy atom. The van der Waals surface area contributed by atoms with Crippen LogP contribution in [-0.4, -0.2) is 63.4 Å². The van der Waals surface area contributed by atoms with Crippen LogP contribution in [0.25, 0.3) is 0 Å². The molecule has 3 fully saturated rings. The smallest absolute Gasteiger partial charge is 0.410 e. The van der Waals surface area contributed by atoms with E-state index in [1.807, 2.05) is 32.6 Å². The SMILES string of the molecule is Cc1c(Oc2ccc(S(=O)(=O)C3CC3)nc2)ncnc1O[C@H]1CC2CC[C@@H](C1)N2C(=O)OC(C)(C)C. The Bertz CT molecular complexity index is 1230. The summed E-state index contributed by atoms with van der Waals surface area (Å²) in [4.78, 5) is 27.2. The predicted molar refractivity (Wildman–Crippen MR) is 130 cm³/mol. The minimum absolute atomic E-state index is 0.0631. The van der Waals surface area contributed by atoms with Gasteiger partial charge in [-0.05, 0) is 65.5 Å². The Morgan fingerprint density at radius 2 is 1.67 bits per heavy atom. The van der Waals surface area contributed by atoms with E-state index >= 15 is 0 Å². The fourth-order valence-electron chi connectivity index (χ4n) is 4.89. The van der Waals surface area contributed by atoms with Gasteiger partial charge in [0.1, 0.15) is 23.8 Å². The van der Waals surface area contributed by atoms with Gasteiger partial charge in [-0.2, -0.15) is 0 Å². The van der Waals surface area contributed by atoms with E-state index in [0.29, 0.717) is 48.8 Å². The topological polar surface area (TPSA) is 121 Å². The van der Waals surface area contributed by atoms with Crippen molar-refractivity contribution in [1.82, 2.24) is 19.9 Å². The molecule has 0 N–H and O–H groups in total. The van der Waals surface area contributed by atoms with Crippen LogP contribution in [0.15, 0.2) is 29.7 Å². The van der Waals surface area contributed by atoms with Crippen molar-refractivity contribution in [2.45, 2.75) is 100 Å². The first-order chi connectivity index (χ1) is 17.0. The molecule has 11 heteroatoms. The maximum Gasteiger partial charge on any atom is 0.410 e. The van der Waals surface area contributed by atoms with Crippen molar-refractivity contribution in [2.24, 2.45) is 0 Å². The first kappa shape index (κ1) is 24.7. The normalized spacial score (nSPS) is 23.9. The molecule has 2 aliphatic heterocycles. The lowest BCUT2D eigenvalue weighted by molar-refractivity contribution is -0.00773. The number of rotatable bonds is 6. The lowest BCUT2D eigenvalue weighted by Crippen LogP contribution is -2.50. The van der Waals surface area contributed by atoms with Gasteiger partial charge in [-0.25, -0.2) is 28.2 Å². The lowest BCUT2D eigenvalue weighted by atomic mass is 10.00. The number of hydrogen-bond donors (Lipinski definition) is 0. The summed E-state index contributed by atoms with van der Waals surface area (Å²) < 4.78 is 42.5. The quantitative estimate of drug-likeness (QED) is 0.555. The van der Waals surface area contributed by atoms with E-state index in [1.54, 1.807) is 6.07 Å². The molecule has 0 aromatic carbocycles. The lowest BCUT2D eigenvalue weighted by Gasteiger charge is -2.39. The average Bonchev–Trinajstić information content (AvgIpc) is 3.62. The molecule has 3 atom stereocenters. The average molecular weight is 517 g/mol. The van der Waals surface area contributed by atoms with Crippen LogP contribution in [0.4, 0.5) is 4.79 Å². The number of aromatic nitrogens is 3. The monoisotopic (exact) mass is 516 g/mol. The molecule has 10 nitrogen and oxygen atoms in total. The second kappa shape index (κ2) is 9.17. The third-order valence-corrected chi connectivity index (χ3v) is 8.92. The van der Waals surface area contributed by atoms with Gasteiger partial charge >= 0.3 is 6.09 Å². The van der Waals surface area contributed by atoms with Gasteiger partial charge in [0.15, 0.2) is 14.9 Å². The van der Waals surface area contributed by atoms with Crippen LogP contribution in [0, 0.1) is 6.92 Å². The molecular formula is C25H32N4O6S. The Balaban J connectivity index is 1.24. The van der Waals surface area contributed by atoms with Gasteiger partial charge in [-0.3, -0.25) is 0 Å². The minimum atomic E-state index is -3.35. The summed E-state index contributed by atoms with van der Waals surface area (Å²) in [7, 11) is -3.35. The largest absolute Gasteiger partial charge is 0.474 e. The van der Waals surface area contributed by atoms with Crippen molar-refractivity contribution < 1.29 is 27.4 Å². The van der Waals surface area contributed by atoms with E-state index in [1.165, 1.54) is 18.6 Å². The molecule has 1 aliphatic carbocycles. The molecule has 2 saturated heterocycles. The molecule has 2 aromatic heterocycles. The highest BCUT2D eigenvalue weighted by atomic mass is 32.2. The van der Waals surface area contributed by atoms with Gasteiger partial charge in [-0.15, -0.1) is 0 Å². The number of carbonyl (C=O) groups excluding carboxylic acids is 1. The molecule has 4 heterocycles. The highest BCUT2D eigenvalue weighted by Gasteiger charge is 2.46. The summed E-state index contributed by atoms with van der Waals surface area (Å²) in [5.41, 5.74) is 0.105. The third kappa shape index (κ3) is 5.11. The number of amides is 1. The van der Waals surface area contributed by atoms with E-state index in [9.17, 15) is 13.2 Å². The molecule has 3 aliphatic rings. The number of sulfone groups is 1. The standard InChI is InChI=1S/C25H32N4O6S/c1-15-22(33-18-7-10-21(26-13-18)36(31,32)20-8-9-20)27-14-28-23(15)34-19-11-16-5-6-17(12-19)29(16)24(30)35-25(2,3)4/h7,10,13-14,16-17,19-20H,5-6,8-9,11-12H2,1-4H3/t16-,17?,19+/m0/s1. The molecular weight excluding hydrogens is 484 g/mol. The molecule has 0 radical (unpaired) electrons. The van der Waals surface area contributed by atoms with Crippen molar-refractivity contribution in [3.8, 4) is 17.5 Å². The Morgan fingerprint density at radius 1 is 1.00 bits per heavy atom. The van der Waals surface area contributed by atoms with E-state index < -0.39 is 15.4 Å². The molecule has 194 valence electrons. The Kier molecular flexibility index (Phi) is 6.30.